The lowest BCUT2D eigenvalue weighted by Crippen LogP contribution is -2.17. The van der Waals surface area contributed by atoms with Gasteiger partial charge in [0.05, 0.1) is 17.3 Å². The van der Waals surface area contributed by atoms with E-state index in [1.54, 1.807) is 23.1 Å². The molecule has 5 aromatic rings. The molecule has 1 fully saturated rings. The molecule has 0 unspecified atom stereocenters. The van der Waals surface area contributed by atoms with E-state index in [1.807, 2.05) is 46.1 Å². The van der Waals surface area contributed by atoms with Crippen LogP contribution in [0.5, 0.6) is 0 Å². The SMILES string of the molecule is Cn1cc(-c2nc3nccc(-c4ccc(C5(CC(=O)c6noc(C(C)(C)C)n6)CC5)c(F)c4)c3[nH]2)cn1. The van der Waals surface area contributed by atoms with Gasteiger partial charge in [-0.3, -0.25) is 9.48 Å². The minimum Gasteiger partial charge on any atom is -0.338 e. The molecule has 1 aliphatic carbocycles. The molecule has 37 heavy (non-hydrogen) atoms. The molecule has 9 nitrogen and oxygen atoms in total. The number of aromatic nitrogens is 7. The molecular formula is C27H26FN7O2. The predicted octanol–water partition coefficient (Wildman–Crippen LogP) is 5.15. The van der Waals surface area contributed by atoms with Gasteiger partial charge in [-0.15, -0.1) is 0 Å². The highest BCUT2D eigenvalue weighted by Crippen LogP contribution is 2.52. The number of fused-ring (bicyclic) bond motifs is 1. The highest BCUT2D eigenvalue weighted by molar-refractivity contribution is 5.94. The number of pyridine rings is 1. The molecular weight excluding hydrogens is 473 g/mol. The number of nitrogens with zero attached hydrogens (tertiary/aromatic N) is 6. The van der Waals surface area contributed by atoms with Crippen molar-refractivity contribution < 1.29 is 13.7 Å². The zero-order valence-electron chi connectivity index (χ0n) is 21.0. The maximum atomic E-state index is 15.5. The van der Waals surface area contributed by atoms with Crippen molar-refractivity contribution in [2.75, 3.05) is 0 Å². The van der Waals surface area contributed by atoms with Crippen LogP contribution in [-0.4, -0.2) is 40.7 Å². The molecule has 1 N–H and O–H groups in total. The molecule has 0 amide bonds. The molecule has 4 aromatic heterocycles. The summed E-state index contributed by atoms with van der Waals surface area (Å²) in [5, 5.41) is 8.06. The van der Waals surface area contributed by atoms with Crippen molar-refractivity contribution in [3.8, 4) is 22.5 Å². The lowest BCUT2D eigenvalue weighted by Gasteiger charge is -2.16. The molecule has 188 valence electrons. The van der Waals surface area contributed by atoms with Gasteiger partial charge in [-0.2, -0.15) is 10.1 Å². The number of halogens is 1. The fraction of sp³-hybridized carbons (Fsp3) is 0.333. The second kappa shape index (κ2) is 8.16. The molecule has 0 saturated heterocycles. The van der Waals surface area contributed by atoms with Crippen molar-refractivity contribution in [1.82, 2.24) is 34.9 Å². The van der Waals surface area contributed by atoms with E-state index in [0.717, 1.165) is 29.5 Å². The number of benzene rings is 1. The Kier molecular flexibility index (Phi) is 5.11. The number of aryl methyl sites for hydroxylation is 1. The second-order valence-electron chi connectivity index (χ2n) is 10.8. The van der Waals surface area contributed by atoms with E-state index in [0.29, 0.717) is 28.5 Å². The van der Waals surface area contributed by atoms with Gasteiger partial charge in [-0.1, -0.05) is 38.1 Å². The van der Waals surface area contributed by atoms with E-state index in [-0.39, 0.29) is 29.3 Å². The summed E-state index contributed by atoms with van der Waals surface area (Å²) in [5.74, 6) is 0.521. The number of carbonyl (C=O) groups excluding carboxylic acids is 1. The monoisotopic (exact) mass is 499 g/mol. The molecule has 0 atom stereocenters. The van der Waals surface area contributed by atoms with E-state index >= 15 is 4.39 Å². The van der Waals surface area contributed by atoms with E-state index in [2.05, 4.69) is 30.2 Å². The summed E-state index contributed by atoms with van der Waals surface area (Å²) < 4.78 is 22.5. The van der Waals surface area contributed by atoms with Crippen molar-refractivity contribution in [2.24, 2.45) is 7.05 Å². The van der Waals surface area contributed by atoms with Crippen LogP contribution in [0.1, 0.15) is 62.1 Å². The van der Waals surface area contributed by atoms with E-state index < -0.39 is 5.41 Å². The van der Waals surface area contributed by atoms with Crippen LogP contribution in [0.2, 0.25) is 0 Å². The van der Waals surface area contributed by atoms with Crippen molar-refractivity contribution in [3.05, 3.63) is 66.0 Å². The van der Waals surface area contributed by atoms with Gasteiger partial charge in [0.25, 0.3) is 0 Å². The van der Waals surface area contributed by atoms with E-state index in [4.69, 9.17) is 4.52 Å². The summed E-state index contributed by atoms with van der Waals surface area (Å²) in [6, 6.07) is 7.02. The minimum absolute atomic E-state index is 0.0519. The molecule has 0 spiro atoms. The number of Topliss-reactive ketones (excluding diaryl/α,β-unsaturated/α-hetero) is 1. The Morgan fingerprint density at radius 1 is 1.19 bits per heavy atom. The number of nitrogens with one attached hydrogen (secondary N) is 1. The number of rotatable bonds is 6. The molecule has 1 aromatic carbocycles. The van der Waals surface area contributed by atoms with Crippen LogP contribution in [0, 0.1) is 5.82 Å². The van der Waals surface area contributed by atoms with Crippen LogP contribution in [0.4, 0.5) is 4.39 Å². The summed E-state index contributed by atoms with van der Waals surface area (Å²) in [7, 11) is 1.84. The van der Waals surface area contributed by atoms with Crippen molar-refractivity contribution in [3.63, 3.8) is 0 Å². The summed E-state index contributed by atoms with van der Waals surface area (Å²) in [4.78, 5) is 29.5. The molecule has 0 radical (unpaired) electrons. The normalized spacial score (nSPS) is 14.8. The number of H-pyrrole nitrogens is 1. The largest absolute Gasteiger partial charge is 0.338 e. The van der Waals surface area contributed by atoms with Gasteiger partial charge in [0.1, 0.15) is 11.6 Å². The highest BCUT2D eigenvalue weighted by Gasteiger charge is 2.48. The van der Waals surface area contributed by atoms with Crippen LogP contribution in [0.15, 0.2) is 47.4 Å². The van der Waals surface area contributed by atoms with Crippen molar-refractivity contribution in [1.29, 1.82) is 0 Å². The Morgan fingerprint density at radius 2 is 2.00 bits per heavy atom. The maximum absolute atomic E-state index is 15.5. The quantitative estimate of drug-likeness (QED) is 0.321. The van der Waals surface area contributed by atoms with Crippen LogP contribution in [0.3, 0.4) is 0 Å². The molecule has 0 aliphatic heterocycles. The number of ketones is 1. The van der Waals surface area contributed by atoms with Crippen molar-refractivity contribution in [2.45, 2.75) is 50.9 Å². The number of carbonyl (C=O) groups is 1. The molecule has 1 saturated carbocycles. The first-order valence-corrected chi connectivity index (χ1v) is 12.1. The van der Waals surface area contributed by atoms with Crippen LogP contribution in [0.25, 0.3) is 33.7 Å². The third-order valence-electron chi connectivity index (χ3n) is 6.89. The van der Waals surface area contributed by atoms with E-state index in [1.165, 1.54) is 6.07 Å². The Bertz CT molecular complexity index is 1650. The Hall–Kier alpha value is -4.21. The number of hydrogen-bond acceptors (Lipinski definition) is 7. The van der Waals surface area contributed by atoms with Gasteiger partial charge in [-0.25, -0.2) is 14.4 Å². The zero-order chi connectivity index (χ0) is 25.9. The summed E-state index contributed by atoms with van der Waals surface area (Å²) in [5.41, 5.74) is 3.23. The first-order chi connectivity index (χ1) is 17.6. The van der Waals surface area contributed by atoms with Gasteiger partial charge in [0.15, 0.2) is 5.65 Å². The van der Waals surface area contributed by atoms with Gasteiger partial charge in [-0.05, 0) is 36.1 Å². The fourth-order valence-electron chi connectivity index (χ4n) is 4.66. The Morgan fingerprint density at radius 3 is 2.65 bits per heavy atom. The summed E-state index contributed by atoms with van der Waals surface area (Å²) >= 11 is 0. The standard InChI is InChI=1S/C27H26FN7O2/c1-26(2,3)25-33-23(34-37-25)20(36)12-27(8-9-27)18-6-5-15(11-19(18)28)17-7-10-29-24-21(17)31-22(32-24)16-13-30-35(4)14-16/h5-7,10-11,13-14H,8-9,12H2,1-4H3,(H,29,31,32). The van der Waals surface area contributed by atoms with Crippen LogP contribution in [-0.2, 0) is 17.9 Å². The Balaban J connectivity index is 1.29. The third kappa shape index (κ3) is 4.12. The first kappa shape index (κ1) is 23.2. The van der Waals surface area contributed by atoms with Crippen LogP contribution >= 0.6 is 0 Å². The van der Waals surface area contributed by atoms with Gasteiger partial charge >= 0.3 is 0 Å². The molecule has 10 heteroatoms. The predicted molar refractivity (Wildman–Crippen MR) is 134 cm³/mol. The zero-order valence-corrected chi connectivity index (χ0v) is 21.0. The average Bonchev–Trinajstić information content (AvgIpc) is 3.25. The third-order valence-corrected chi connectivity index (χ3v) is 6.89. The lowest BCUT2D eigenvalue weighted by molar-refractivity contribution is 0.0956. The first-order valence-electron chi connectivity index (χ1n) is 12.1. The smallest absolute Gasteiger partial charge is 0.238 e. The topological polar surface area (TPSA) is 115 Å². The highest BCUT2D eigenvalue weighted by atomic mass is 19.1. The summed E-state index contributed by atoms with van der Waals surface area (Å²) in [6.45, 7) is 5.81. The van der Waals surface area contributed by atoms with Crippen LogP contribution < -0.4 is 0 Å². The number of aromatic amines is 1. The average molecular weight is 500 g/mol. The summed E-state index contributed by atoms with van der Waals surface area (Å²) in [6.07, 6.45) is 6.85. The number of hydrogen-bond donors (Lipinski definition) is 1. The van der Waals surface area contributed by atoms with E-state index in [9.17, 15) is 4.79 Å². The Labute approximate surface area is 212 Å². The molecule has 4 heterocycles. The lowest BCUT2D eigenvalue weighted by atomic mass is 9.88. The van der Waals surface area contributed by atoms with Crippen molar-refractivity contribution >= 4 is 16.9 Å². The van der Waals surface area contributed by atoms with Gasteiger partial charge in [0, 0.05) is 42.3 Å². The molecule has 1 aliphatic rings. The van der Waals surface area contributed by atoms with Gasteiger partial charge < -0.3 is 9.51 Å². The molecule has 0 bridgehead atoms. The maximum Gasteiger partial charge on any atom is 0.238 e. The van der Waals surface area contributed by atoms with Gasteiger partial charge in [0.2, 0.25) is 17.5 Å². The molecule has 6 rings (SSSR count). The second-order valence-corrected chi connectivity index (χ2v) is 10.8. The minimum atomic E-state index is -0.544. The fourth-order valence-corrected chi connectivity index (χ4v) is 4.66. The number of imidazole rings is 1.